The molecule has 0 saturated carbocycles. The molecule has 1 aliphatic rings. The first-order chi connectivity index (χ1) is 18.7. The number of unbranched alkanes of at least 4 members (excludes halogenated alkanes) is 1. The molecule has 39 heavy (non-hydrogen) atoms. The van der Waals surface area contributed by atoms with Crippen molar-refractivity contribution in [2.75, 3.05) is 20.1 Å². The molecular formula is C25H31ClN8O3S2. The van der Waals surface area contributed by atoms with Crippen molar-refractivity contribution in [2.24, 2.45) is 11.5 Å². The molecule has 0 unspecified atom stereocenters. The third-order valence-corrected chi connectivity index (χ3v) is 8.71. The molecule has 3 atom stereocenters. The van der Waals surface area contributed by atoms with Crippen molar-refractivity contribution in [3.63, 3.8) is 0 Å². The Kier molecular flexibility index (Phi) is 9.38. The molecule has 0 radical (unpaired) electrons. The van der Waals surface area contributed by atoms with Crippen molar-refractivity contribution in [3.05, 3.63) is 50.2 Å². The van der Waals surface area contributed by atoms with Crippen LogP contribution in [0.5, 0.6) is 0 Å². The number of likely N-dealkylation sites (N-methyl/N-ethyl adjacent to an activating group) is 1. The van der Waals surface area contributed by atoms with Crippen LogP contribution in [0, 0.1) is 5.41 Å². The summed E-state index contributed by atoms with van der Waals surface area (Å²) in [6.07, 6.45) is 2.28. The van der Waals surface area contributed by atoms with Crippen LogP contribution in [0.15, 0.2) is 29.6 Å². The van der Waals surface area contributed by atoms with Crippen LogP contribution in [0.25, 0.3) is 10.1 Å². The van der Waals surface area contributed by atoms with E-state index in [1.807, 2.05) is 18.2 Å². The number of thiazole rings is 1. The smallest absolute Gasteiger partial charge is 0.271 e. The average molecular weight is 591 g/mol. The Hall–Kier alpha value is -3.26. The number of nitrogens with two attached hydrogens (primary N) is 2. The van der Waals surface area contributed by atoms with Gasteiger partial charge in [0.2, 0.25) is 5.91 Å². The van der Waals surface area contributed by atoms with Gasteiger partial charge < -0.3 is 32.3 Å². The lowest BCUT2D eigenvalue weighted by Gasteiger charge is -2.22. The first-order valence-corrected chi connectivity index (χ1v) is 14.5. The lowest BCUT2D eigenvalue weighted by molar-refractivity contribution is -0.122. The zero-order valence-electron chi connectivity index (χ0n) is 21.3. The Balaban J connectivity index is 1.43. The zero-order chi connectivity index (χ0) is 28.1. The first-order valence-electron chi connectivity index (χ1n) is 12.5. The Morgan fingerprint density at radius 1 is 1.28 bits per heavy atom. The summed E-state index contributed by atoms with van der Waals surface area (Å²) in [5, 5.41) is 19.0. The number of rotatable bonds is 10. The van der Waals surface area contributed by atoms with E-state index in [1.54, 1.807) is 16.3 Å². The molecule has 0 spiro atoms. The molecule has 4 rings (SSSR count). The van der Waals surface area contributed by atoms with Crippen molar-refractivity contribution in [1.29, 1.82) is 5.41 Å². The molecule has 0 aliphatic carbocycles. The molecule has 3 heterocycles. The molecule has 208 valence electrons. The lowest BCUT2D eigenvalue weighted by atomic mass is 10.1. The van der Waals surface area contributed by atoms with Gasteiger partial charge in [-0.1, -0.05) is 11.6 Å². The summed E-state index contributed by atoms with van der Waals surface area (Å²) in [6, 6.07) is 6.07. The third-order valence-electron chi connectivity index (χ3n) is 6.43. The second-order valence-corrected chi connectivity index (χ2v) is 11.7. The number of nitrogens with one attached hydrogen (secondary N) is 4. The fraction of sp³-hybridized carbons (Fsp3) is 0.400. The van der Waals surface area contributed by atoms with Gasteiger partial charge in [0.05, 0.1) is 10.9 Å². The van der Waals surface area contributed by atoms with E-state index in [0.29, 0.717) is 53.7 Å². The molecule has 0 bridgehead atoms. The van der Waals surface area contributed by atoms with Gasteiger partial charge >= 0.3 is 0 Å². The number of carbonyl (C=O) groups is 3. The van der Waals surface area contributed by atoms with Gasteiger partial charge in [0.1, 0.15) is 16.7 Å². The molecular weight excluding hydrogens is 560 g/mol. The number of hydrogen-bond acceptors (Lipinski definition) is 8. The summed E-state index contributed by atoms with van der Waals surface area (Å²) in [4.78, 5) is 45.7. The van der Waals surface area contributed by atoms with Gasteiger partial charge in [-0.25, -0.2) is 4.98 Å². The van der Waals surface area contributed by atoms with Gasteiger partial charge in [0.25, 0.3) is 11.8 Å². The average Bonchev–Trinajstić information content (AvgIpc) is 3.64. The minimum atomic E-state index is -0.732. The molecule has 1 fully saturated rings. The van der Waals surface area contributed by atoms with E-state index in [9.17, 15) is 14.4 Å². The molecule has 3 amide bonds. The van der Waals surface area contributed by atoms with Crippen LogP contribution in [0.1, 0.15) is 56.9 Å². The Bertz CT molecular complexity index is 1380. The summed E-state index contributed by atoms with van der Waals surface area (Å²) in [5.74, 6) is -1.01. The van der Waals surface area contributed by atoms with Gasteiger partial charge in [0, 0.05) is 41.3 Å². The molecule has 8 N–H and O–H groups in total. The standard InChI is InChI=1S/C25H31ClN8O3S2/c1-30-21(35)16(4-2-3-7-31-25(28)29)32-22(36)17-12-38-23(33-17)18-10-15(27)11-34(18)24(37)20-9-13-8-14(26)5-6-19(13)39-20/h5-6,8-9,12,15-16,18H,2-4,7,10-11,27H2,1H3,(H,30,35)(H,32,36)(H4,28,29,31)/t15-,16+,18+/m1/s1. The summed E-state index contributed by atoms with van der Waals surface area (Å²) >= 11 is 8.80. The van der Waals surface area contributed by atoms with Crippen LogP contribution in [0.2, 0.25) is 5.02 Å². The largest absolute Gasteiger partial charge is 0.370 e. The molecule has 1 aromatic carbocycles. The van der Waals surface area contributed by atoms with Crippen molar-refractivity contribution < 1.29 is 14.4 Å². The molecule has 1 saturated heterocycles. The maximum atomic E-state index is 13.5. The van der Waals surface area contributed by atoms with Crippen LogP contribution in [-0.4, -0.2) is 65.8 Å². The lowest BCUT2D eigenvalue weighted by Crippen LogP contribution is -2.45. The summed E-state index contributed by atoms with van der Waals surface area (Å²) in [5.41, 5.74) is 11.7. The van der Waals surface area contributed by atoms with Gasteiger partial charge in [-0.3, -0.25) is 19.8 Å². The maximum Gasteiger partial charge on any atom is 0.271 e. The molecule has 11 nitrogen and oxygen atoms in total. The number of halogens is 1. The maximum absolute atomic E-state index is 13.5. The predicted octanol–water partition coefficient (Wildman–Crippen LogP) is 2.42. The summed E-state index contributed by atoms with van der Waals surface area (Å²) in [7, 11) is 1.51. The van der Waals surface area contributed by atoms with E-state index >= 15 is 0 Å². The van der Waals surface area contributed by atoms with Gasteiger partial charge in [-0.2, -0.15) is 0 Å². The SMILES string of the molecule is CNC(=O)[C@H](CCCCNC(=N)N)NC(=O)c1csc([C@@H]2C[C@@H](N)CN2C(=O)c2cc3cc(Cl)ccc3s2)n1. The topological polar surface area (TPSA) is 179 Å². The van der Waals surface area contributed by atoms with Crippen LogP contribution < -0.4 is 27.4 Å². The number of likely N-dealkylation sites (tertiary alicyclic amines) is 1. The van der Waals surface area contributed by atoms with Crippen LogP contribution in [0.3, 0.4) is 0 Å². The van der Waals surface area contributed by atoms with E-state index in [2.05, 4.69) is 20.9 Å². The predicted molar refractivity (Wildman–Crippen MR) is 154 cm³/mol. The minimum absolute atomic E-state index is 0.109. The van der Waals surface area contributed by atoms with Crippen molar-refractivity contribution in [2.45, 2.75) is 43.8 Å². The highest BCUT2D eigenvalue weighted by Crippen LogP contribution is 2.37. The number of fused-ring (bicyclic) bond motifs is 1. The number of thiophene rings is 1. The molecule has 2 aromatic heterocycles. The van der Waals surface area contributed by atoms with E-state index in [1.165, 1.54) is 29.7 Å². The van der Waals surface area contributed by atoms with Crippen molar-refractivity contribution >= 4 is 68.0 Å². The second-order valence-electron chi connectivity index (χ2n) is 9.31. The highest BCUT2D eigenvalue weighted by Gasteiger charge is 2.37. The second kappa shape index (κ2) is 12.7. The quantitative estimate of drug-likeness (QED) is 0.119. The fourth-order valence-corrected chi connectivity index (χ4v) is 6.61. The number of hydrogen-bond donors (Lipinski definition) is 6. The molecule has 14 heteroatoms. The van der Waals surface area contributed by atoms with E-state index in [-0.39, 0.29) is 35.6 Å². The Labute approximate surface area is 238 Å². The third kappa shape index (κ3) is 7.04. The number of amides is 3. The van der Waals surface area contributed by atoms with Crippen LogP contribution in [0.4, 0.5) is 0 Å². The number of carbonyl (C=O) groups excluding carboxylic acids is 3. The summed E-state index contributed by atoms with van der Waals surface area (Å²) < 4.78 is 0.969. The highest BCUT2D eigenvalue weighted by molar-refractivity contribution is 7.20. The molecule has 1 aliphatic heterocycles. The van der Waals surface area contributed by atoms with Crippen LogP contribution >= 0.6 is 34.3 Å². The number of benzene rings is 1. The molecule has 3 aromatic rings. The zero-order valence-corrected chi connectivity index (χ0v) is 23.7. The Morgan fingerprint density at radius 2 is 2.08 bits per heavy atom. The van der Waals surface area contributed by atoms with E-state index in [4.69, 9.17) is 28.5 Å². The minimum Gasteiger partial charge on any atom is -0.370 e. The van der Waals surface area contributed by atoms with Crippen molar-refractivity contribution in [1.82, 2.24) is 25.8 Å². The number of guanidine groups is 1. The monoisotopic (exact) mass is 590 g/mol. The van der Waals surface area contributed by atoms with Gasteiger partial charge in [-0.15, -0.1) is 22.7 Å². The van der Waals surface area contributed by atoms with E-state index in [0.717, 1.165) is 10.1 Å². The number of nitrogens with zero attached hydrogens (tertiary/aromatic N) is 2. The normalized spacial score (nSPS) is 17.7. The van der Waals surface area contributed by atoms with Gasteiger partial charge in [-0.05, 0) is 55.3 Å². The fourth-order valence-electron chi connectivity index (χ4n) is 4.50. The van der Waals surface area contributed by atoms with Crippen molar-refractivity contribution in [3.8, 4) is 0 Å². The first kappa shape index (κ1) is 28.7. The Morgan fingerprint density at radius 3 is 2.82 bits per heavy atom. The number of aromatic nitrogens is 1. The van der Waals surface area contributed by atoms with E-state index < -0.39 is 11.9 Å². The van der Waals surface area contributed by atoms with Gasteiger partial charge in [0.15, 0.2) is 5.96 Å². The highest BCUT2D eigenvalue weighted by atomic mass is 35.5. The summed E-state index contributed by atoms with van der Waals surface area (Å²) in [6.45, 7) is 0.893. The van der Waals surface area contributed by atoms with Crippen LogP contribution in [-0.2, 0) is 4.79 Å².